The molecule has 0 aliphatic carbocycles. The average Bonchev–Trinajstić information content (AvgIpc) is 3.10. The first kappa shape index (κ1) is 18.7. The van der Waals surface area contributed by atoms with Crippen LogP contribution in [0.25, 0.3) is 11.4 Å². The average molecular weight is 414 g/mol. The van der Waals surface area contributed by atoms with Crippen molar-refractivity contribution < 1.29 is 17.7 Å². The Labute approximate surface area is 159 Å². The van der Waals surface area contributed by atoms with E-state index in [2.05, 4.69) is 14.9 Å². The first-order valence-electron chi connectivity index (χ1n) is 7.31. The number of nitrogens with one attached hydrogen (secondary N) is 1. The van der Waals surface area contributed by atoms with E-state index in [4.69, 9.17) is 32.5 Å². The Balaban J connectivity index is 1.72. The predicted molar refractivity (Wildman–Crippen MR) is 96.8 cm³/mol. The van der Waals surface area contributed by atoms with Gasteiger partial charge in [0.2, 0.25) is 21.7 Å². The van der Waals surface area contributed by atoms with E-state index in [1.807, 2.05) is 0 Å². The molecule has 3 aromatic rings. The van der Waals surface area contributed by atoms with Gasteiger partial charge in [0.05, 0.1) is 23.6 Å². The number of aromatic nitrogens is 2. The SMILES string of the molecule is COc1ccc(S(=O)(=O)NCc2nc(-c3ccc(Cl)cc3)no2)cc1Cl. The van der Waals surface area contributed by atoms with E-state index in [0.717, 1.165) is 0 Å². The lowest BCUT2D eigenvalue weighted by molar-refractivity contribution is 0.376. The molecule has 1 heterocycles. The van der Waals surface area contributed by atoms with Crippen molar-refractivity contribution in [2.75, 3.05) is 7.11 Å². The molecule has 26 heavy (non-hydrogen) atoms. The monoisotopic (exact) mass is 413 g/mol. The topological polar surface area (TPSA) is 94.3 Å². The van der Waals surface area contributed by atoms with Crippen molar-refractivity contribution in [2.24, 2.45) is 0 Å². The van der Waals surface area contributed by atoms with Gasteiger partial charge in [-0.3, -0.25) is 0 Å². The van der Waals surface area contributed by atoms with Gasteiger partial charge in [0.15, 0.2) is 0 Å². The van der Waals surface area contributed by atoms with Gasteiger partial charge in [-0.05, 0) is 42.5 Å². The van der Waals surface area contributed by atoms with Crippen LogP contribution >= 0.6 is 23.2 Å². The van der Waals surface area contributed by atoms with Crippen molar-refractivity contribution >= 4 is 33.2 Å². The van der Waals surface area contributed by atoms with Gasteiger partial charge in [0, 0.05) is 10.6 Å². The van der Waals surface area contributed by atoms with Gasteiger partial charge >= 0.3 is 0 Å². The molecular weight excluding hydrogens is 401 g/mol. The number of hydrogen-bond donors (Lipinski definition) is 1. The van der Waals surface area contributed by atoms with E-state index < -0.39 is 10.0 Å². The van der Waals surface area contributed by atoms with E-state index in [1.165, 1.54) is 25.3 Å². The summed E-state index contributed by atoms with van der Waals surface area (Å²) in [7, 11) is -2.36. The number of hydrogen-bond acceptors (Lipinski definition) is 6. The van der Waals surface area contributed by atoms with E-state index in [9.17, 15) is 8.42 Å². The molecule has 0 radical (unpaired) electrons. The summed E-state index contributed by atoms with van der Waals surface area (Å²) in [4.78, 5) is 4.16. The lowest BCUT2D eigenvalue weighted by atomic mass is 10.2. The summed E-state index contributed by atoms with van der Waals surface area (Å²) in [5.74, 6) is 0.844. The van der Waals surface area contributed by atoms with Crippen LogP contribution in [0.4, 0.5) is 0 Å². The molecule has 136 valence electrons. The second kappa shape index (κ2) is 7.63. The molecule has 0 aliphatic rings. The first-order valence-corrected chi connectivity index (χ1v) is 9.55. The molecule has 1 N–H and O–H groups in total. The van der Waals surface area contributed by atoms with Crippen molar-refractivity contribution in [1.82, 2.24) is 14.9 Å². The Morgan fingerprint density at radius 2 is 1.88 bits per heavy atom. The second-order valence-electron chi connectivity index (χ2n) is 5.14. The van der Waals surface area contributed by atoms with Gasteiger partial charge in [-0.25, -0.2) is 13.1 Å². The van der Waals surface area contributed by atoms with Gasteiger partial charge in [-0.1, -0.05) is 28.4 Å². The highest BCUT2D eigenvalue weighted by atomic mass is 35.5. The largest absolute Gasteiger partial charge is 0.495 e. The molecule has 0 bridgehead atoms. The smallest absolute Gasteiger partial charge is 0.242 e. The van der Waals surface area contributed by atoms with Crippen LogP contribution < -0.4 is 9.46 Å². The van der Waals surface area contributed by atoms with Gasteiger partial charge < -0.3 is 9.26 Å². The number of benzene rings is 2. The Kier molecular flexibility index (Phi) is 5.47. The molecule has 10 heteroatoms. The number of ether oxygens (including phenoxy) is 1. The minimum absolute atomic E-state index is 0.000685. The van der Waals surface area contributed by atoms with Crippen molar-refractivity contribution in [1.29, 1.82) is 0 Å². The third-order valence-electron chi connectivity index (χ3n) is 3.42. The molecule has 0 unspecified atom stereocenters. The van der Waals surface area contributed by atoms with Crippen LogP contribution in [0, 0.1) is 0 Å². The molecule has 0 spiro atoms. The summed E-state index contributed by atoms with van der Waals surface area (Å²) in [6.45, 7) is -0.160. The maximum absolute atomic E-state index is 12.4. The second-order valence-corrected chi connectivity index (χ2v) is 7.75. The molecule has 3 rings (SSSR count). The molecule has 2 aromatic carbocycles. The van der Waals surface area contributed by atoms with Crippen LogP contribution in [0.15, 0.2) is 51.9 Å². The molecule has 0 saturated heterocycles. The fraction of sp³-hybridized carbons (Fsp3) is 0.125. The van der Waals surface area contributed by atoms with Crippen molar-refractivity contribution in [2.45, 2.75) is 11.4 Å². The fourth-order valence-electron chi connectivity index (χ4n) is 2.10. The Morgan fingerprint density at radius 3 is 2.54 bits per heavy atom. The zero-order valence-corrected chi connectivity index (χ0v) is 15.8. The third kappa shape index (κ3) is 4.16. The molecule has 1 aromatic heterocycles. The molecule has 0 amide bonds. The first-order chi connectivity index (χ1) is 12.4. The Bertz CT molecular complexity index is 1020. The molecule has 0 atom stereocenters. The van der Waals surface area contributed by atoms with Gasteiger partial charge in [0.1, 0.15) is 5.75 Å². The van der Waals surface area contributed by atoms with Crippen LogP contribution in [-0.4, -0.2) is 25.7 Å². The van der Waals surface area contributed by atoms with Crippen LogP contribution in [0.1, 0.15) is 5.89 Å². The Morgan fingerprint density at radius 1 is 1.15 bits per heavy atom. The van der Waals surface area contributed by atoms with Crippen molar-refractivity contribution in [3.63, 3.8) is 0 Å². The number of nitrogens with zero attached hydrogens (tertiary/aromatic N) is 2. The maximum Gasteiger partial charge on any atom is 0.242 e. The maximum atomic E-state index is 12.4. The summed E-state index contributed by atoms with van der Waals surface area (Å²) >= 11 is 11.8. The summed E-state index contributed by atoms with van der Waals surface area (Å²) < 4.78 is 37.2. The molecule has 7 nitrogen and oxygen atoms in total. The van der Waals surface area contributed by atoms with Gasteiger partial charge in [-0.15, -0.1) is 0 Å². The highest BCUT2D eigenvalue weighted by Crippen LogP contribution is 2.27. The normalized spacial score (nSPS) is 11.5. The summed E-state index contributed by atoms with van der Waals surface area (Å²) in [5, 5.41) is 4.60. The summed E-state index contributed by atoms with van der Waals surface area (Å²) in [6, 6.07) is 11.0. The van der Waals surface area contributed by atoms with Crippen molar-refractivity contribution in [3.8, 4) is 17.1 Å². The Hall–Kier alpha value is -2.13. The molecule has 0 fully saturated rings. The van der Waals surface area contributed by atoms with E-state index in [1.54, 1.807) is 24.3 Å². The minimum atomic E-state index is -3.80. The van der Waals surface area contributed by atoms with E-state index in [-0.39, 0.29) is 22.4 Å². The standard InChI is InChI=1S/C16H13Cl2N3O4S/c1-24-14-7-6-12(8-13(14)18)26(22,23)19-9-15-20-16(21-25-15)10-2-4-11(17)5-3-10/h2-8,19H,9H2,1H3. The fourth-order valence-corrected chi connectivity index (χ4v) is 3.55. The van der Waals surface area contributed by atoms with Crippen LogP contribution in [0.3, 0.4) is 0 Å². The van der Waals surface area contributed by atoms with Gasteiger partial charge in [-0.2, -0.15) is 4.98 Å². The van der Waals surface area contributed by atoms with Crippen LogP contribution in [-0.2, 0) is 16.6 Å². The number of halogens is 2. The number of sulfonamides is 1. The third-order valence-corrected chi connectivity index (χ3v) is 5.36. The summed E-state index contributed by atoms with van der Waals surface area (Å²) in [5.41, 5.74) is 0.703. The lowest BCUT2D eigenvalue weighted by Gasteiger charge is -2.07. The van der Waals surface area contributed by atoms with Crippen molar-refractivity contribution in [3.05, 3.63) is 58.4 Å². The van der Waals surface area contributed by atoms with E-state index in [0.29, 0.717) is 22.2 Å². The zero-order chi connectivity index (χ0) is 18.7. The number of rotatable bonds is 6. The molecule has 0 saturated carbocycles. The van der Waals surface area contributed by atoms with Gasteiger partial charge in [0.25, 0.3) is 0 Å². The predicted octanol–water partition coefficient (Wildman–Crippen LogP) is 3.53. The molecular formula is C16H13Cl2N3O4S. The van der Waals surface area contributed by atoms with Crippen LogP contribution in [0.2, 0.25) is 10.0 Å². The highest BCUT2D eigenvalue weighted by Gasteiger charge is 2.18. The molecule has 0 aliphatic heterocycles. The summed E-state index contributed by atoms with van der Waals surface area (Å²) in [6.07, 6.45) is 0. The quantitative estimate of drug-likeness (QED) is 0.663. The lowest BCUT2D eigenvalue weighted by Crippen LogP contribution is -2.23. The minimum Gasteiger partial charge on any atom is -0.495 e. The van der Waals surface area contributed by atoms with E-state index >= 15 is 0 Å². The zero-order valence-electron chi connectivity index (χ0n) is 13.4. The van der Waals surface area contributed by atoms with Crippen LogP contribution in [0.5, 0.6) is 5.75 Å². The number of methoxy groups -OCH3 is 1. The highest BCUT2D eigenvalue weighted by molar-refractivity contribution is 7.89.